The van der Waals surface area contributed by atoms with Crippen LogP contribution in [0.4, 0.5) is 5.69 Å². The molecule has 0 unspecified atom stereocenters. The van der Waals surface area contributed by atoms with Crippen molar-refractivity contribution in [3.63, 3.8) is 0 Å². The number of esters is 1. The minimum absolute atomic E-state index is 0.0661. The first-order valence-corrected chi connectivity index (χ1v) is 12.9. The predicted molar refractivity (Wildman–Crippen MR) is 139 cm³/mol. The van der Waals surface area contributed by atoms with Crippen LogP contribution in [0.1, 0.15) is 37.7 Å². The summed E-state index contributed by atoms with van der Waals surface area (Å²) in [6.07, 6.45) is 6.21. The zero-order valence-corrected chi connectivity index (χ0v) is 20.5. The van der Waals surface area contributed by atoms with Crippen LogP contribution in [-0.2, 0) is 16.0 Å². The summed E-state index contributed by atoms with van der Waals surface area (Å²) in [5.41, 5.74) is 4.51. The molecule has 2 fully saturated rings. The van der Waals surface area contributed by atoms with Crippen molar-refractivity contribution in [2.45, 2.75) is 38.5 Å². The topological polar surface area (TPSA) is 98.0 Å². The third-order valence-corrected chi connectivity index (χ3v) is 7.36. The fourth-order valence-electron chi connectivity index (χ4n) is 5.30. The highest BCUT2D eigenvalue weighted by Crippen LogP contribution is 2.35. The van der Waals surface area contributed by atoms with Crippen LogP contribution in [-0.4, -0.2) is 54.6 Å². The molecule has 0 amide bonds. The second kappa shape index (κ2) is 11.0. The van der Waals surface area contributed by atoms with Crippen LogP contribution in [0.2, 0.25) is 0 Å². The van der Waals surface area contributed by atoms with Gasteiger partial charge in [-0.05, 0) is 53.6 Å². The van der Waals surface area contributed by atoms with Gasteiger partial charge in [-0.3, -0.25) is 0 Å². The summed E-state index contributed by atoms with van der Waals surface area (Å²) < 4.78 is 5.67. The third kappa shape index (κ3) is 5.29. The SMILES string of the molecule is N#C/C(C(=O)OCC1CCCCC1)=C1/Cc2ccc(-c3ccc(O)cc3)cc2N=C1N1CCNCC1. The number of nitriles is 1. The predicted octanol–water partition coefficient (Wildman–Crippen LogP) is 4.49. The summed E-state index contributed by atoms with van der Waals surface area (Å²) >= 11 is 0. The van der Waals surface area contributed by atoms with E-state index in [2.05, 4.69) is 16.3 Å². The summed E-state index contributed by atoms with van der Waals surface area (Å²) in [4.78, 5) is 20.3. The Morgan fingerprint density at radius 3 is 2.53 bits per heavy atom. The number of phenols is 1. The van der Waals surface area contributed by atoms with E-state index in [9.17, 15) is 15.2 Å². The molecule has 7 heteroatoms. The number of aliphatic imine (C=N–C) groups is 1. The zero-order chi connectivity index (χ0) is 24.9. The van der Waals surface area contributed by atoms with Crippen LogP contribution < -0.4 is 5.32 Å². The van der Waals surface area contributed by atoms with Crippen molar-refractivity contribution in [3.8, 4) is 22.9 Å². The fraction of sp³-hybridized carbons (Fsp3) is 0.414. The van der Waals surface area contributed by atoms with Gasteiger partial charge < -0.3 is 20.1 Å². The molecule has 2 aliphatic heterocycles. The average Bonchev–Trinajstić information content (AvgIpc) is 2.93. The molecule has 2 aromatic rings. The lowest BCUT2D eigenvalue weighted by Crippen LogP contribution is -2.47. The van der Waals surface area contributed by atoms with Crippen molar-refractivity contribution < 1.29 is 14.6 Å². The fourth-order valence-corrected chi connectivity index (χ4v) is 5.30. The van der Waals surface area contributed by atoms with Crippen LogP contribution in [0.3, 0.4) is 0 Å². The van der Waals surface area contributed by atoms with Crippen LogP contribution >= 0.6 is 0 Å². The van der Waals surface area contributed by atoms with Gasteiger partial charge in [0.2, 0.25) is 0 Å². The van der Waals surface area contributed by atoms with Gasteiger partial charge in [-0.1, -0.05) is 43.5 Å². The van der Waals surface area contributed by atoms with Crippen LogP contribution in [0.5, 0.6) is 5.75 Å². The Morgan fingerprint density at radius 1 is 1.08 bits per heavy atom. The average molecular weight is 485 g/mol. The number of fused-ring (bicyclic) bond motifs is 1. The molecule has 1 saturated heterocycles. The van der Waals surface area contributed by atoms with Crippen molar-refractivity contribution in [3.05, 3.63) is 59.2 Å². The van der Waals surface area contributed by atoms with E-state index < -0.39 is 5.97 Å². The Labute approximate surface area is 212 Å². The number of hydrogen-bond acceptors (Lipinski definition) is 7. The standard InChI is InChI=1S/C29H32N4O3/c30-18-26(29(35)36-19-20-4-2-1-3-5-20)25-16-23-7-6-22(21-8-10-24(34)11-9-21)17-27(23)32-28(25)33-14-12-31-13-15-33/h6-11,17,20,31,34H,1-5,12-16,19H2/b26-25+. The third-order valence-electron chi connectivity index (χ3n) is 7.36. The molecule has 0 spiro atoms. The van der Waals surface area contributed by atoms with Crippen molar-refractivity contribution in [1.82, 2.24) is 10.2 Å². The van der Waals surface area contributed by atoms with Crippen molar-refractivity contribution in [2.75, 3.05) is 32.8 Å². The molecule has 2 N–H and O–H groups in total. The molecule has 0 bridgehead atoms. The molecule has 5 rings (SSSR count). The number of phenolic OH excluding ortho intramolecular Hbond substituents is 1. The van der Waals surface area contributed by atoms with Gasteiger partial charge in [0.05, 0.1) is 12.3 Å². The molecular weight excluding hydrogens is 452 g/mol. The van der Waals surface area contributed by atoms with Gasteiger partial charge in [0, 0.05) is 38.2 Å². The van der Waals surface area contributed by atoms with E-state index in [-0.39, 0.29) is 11.3 Å². The summed E-state index contributed by atoms with van der Waals surface area (Å²) in [7, 11) is 0. The normalized spacial score (nSPS) is 19.6. The van der Waals surface area contributed by atoms with Gasteiger partial charge in [0.25, 0.3) is 0 Å². The maximum absolute atomic E-state index is 13.1. The molecule has 0 radical (unpaired) electrons. The monoisotopic (exact) mass is 484 g/mol. The summed E-state index contributed by atoms with van der Waals surface area (Å²) in [5.74, 6) is 0.771. The van der Waals surface area contributed by atoms with E-state index in [0.717, 1.165) is 61.4 Å². The molecule has 1 aliphatic carbocycles. The highest BCUT2D eigenvalue weighted by atomic mass is 16.5. The lowest BCUT2D eigenvalue weighted by molar-refractivity contribution is -0.140. The van der Waals surface area contributed by atoms with Crippen molar-refractivity contribution in [1.29, 1.82) is 5.26 Å². The molecule has 0 aromatic heterocycles. The quantitative estimate of drug-likeness (QED) is 0.377. The minimum Gasteiger partial charge on any atom is -0.508 e. The van der Waals surface area contributed by atoms with E-state index in [0.29, 0.717) is 30.4 Å². The summed E-state index contributed by atoms with van der Waals surface area (Å²) in [6.45, 7) is 3.53. The van der Waals surface area contributed by atoms with Gasteiger partial charge in [-0.2, -0.15) is 5.26 Å². The second-order valence-corrected chi connectivity index (χ2v) is 9.81. The number of nitrogens with one attached hydrogen (secondary N) is 1. The maximum Gasteiger partial charge on any atom is 0.349 e. The maximum atomic E-state index is 13.1. The van der Waals surface area contributed by atoms with Gasteiger partial charge in [-0.25, -0.2) is 9.79 Å². The Balaban J connectivity index is 1.48. The first kappa shape index (κ1) is 24.1. The molecule has 7 nitrogen and oxygen atoms in total. The number of amidine groups is 1. The molecule has 186 valence electrons. The lowest BCUT2D eigenvalue weighted by atomic mass is 9.90. The molecule has 2 heterocycles. The number of carbonyl (C=O) groups excluding carboxylic acids is 1. The largest absolute Gasteiger partial charge is 0.508 e. The Morgan fingerprint density at radius 2 is 1.81 bits per heavy atom. The van der Waals surface area contributed by atoms with Gasteiger partial charge in [0.1, 0.15) is 23.2 Å². The molecule has 0 atom stereocenters. The smallest absolute Gasteiger partial charge is 0.349 e. The summed E-state index contributed by atoms with van der Waals surface area (Å²) in [5, 5.41) is 23.0. The van der Waals surface area contributed by atoms with Gasteiger partial charge in [-0.15, -0.1) is 0 Å². The molecular formula is C29H32N4O3. The van der Waals surface area contributed by atoms with Crippen LogP contribution in [0.25, 0.3) is 11.1 Å². The van der Waals surface area contributed by atoms with E-state index in [1.54, 1.807) is 12.1 Å². The van der Waals surface area contributed by atoms with E-state index in [1.165, 1.54) is 19.3 Å². The lowest BCUT2D eigenvalue weighted by Gasteiger charge is -2.34. The Kier molecular flexibility index (Phi) is 7.33. The number of ether oxygens (including phenoxy) is 1. The molecule has 2 aromatic carbocycles. The Hall–Kier alpha value is -3.63. The number of nitrogens with zero attached hydrogens (tertiary/aromatic N) is 3. The van der Waals surface area contributed by atoms with E-state index in [4.69, 9.17) is 9.73 Å². The Bertz CT molecular complexity index is 1210. The second-order valence-electron chi connectivity index (χ2n) is 9.81. The zero-order valence-electron chi connectivity index (χ0n) is 20.5. The minimum atomic E-state index is -0.537. The molecule has 1 saturated carbocycles. The first-order valence-electron chi connectivity index (χ1n) is 12.9. The highest BCUT2D eigenvalue weighted by molar-refractivity contribution is 6.10. The highest BCUT2D eigenvalue weighted by Gasteiger charge is 2.30. The van der Waals surface area contributed by atoms with E-state index in [1.807, 2.05) is 30.3 Å². The number of rotatable bonds is 4. The van der Waals surface area contributed by atoms with Crippen molar-refractivity contribution in [2.24, 2.45) is 10.9 Å². The van der Waals surface area contributed by atoms with Crippen LogP contribution in [0.15, 0.2) is 58.6 Å². The van der Waals surface area contributed by atoms with Crippen LogP contribution in [0, 0.1) is 17.2 Å². The molecule has 3 aliphatic rings. The van der Waals surface area contributed by atoms with E-state index >= 15 is 0 Å². The van der Waals surface area contributed by atoms with Crippen molar-refractivity contribution >= 4 is 17.5 Å². The number of piperazine rings is 1. The first-order chi connectivity index (χ1) is 17.6. The molecule has 36 heavy (non-hydrogen) atoms. The van der Waals surface area contributed by atoms with Gasteiger partial charge in [0.15, 0.2) is 0 Å². The number of aromatic hydroxyl groups is 1. The van der Waals surface area contributed by atoms with Gasteiger partial charge >= 0.3 is 5.97 Å². The number of carbonyl (C=O) groups is 1. The summed E-state index contributed by atoms with van der Waals surface area (Å²) in [6, 6.07) is 15.3. The number of hydrogen-bond donors (Lipinski definition) is 2. The number of benzene rings is 2.